The van der Waals surface area contributed by atoms with Crippen molar-refractivity contribution >= 4 is 5.91 Å². The molecule has 1 amide bonds. The van der Waals surface area contributed by atoms with E-state index >= 15 is 0 Å². The largest absolute Gasteiger partial charge is 0.378 e. The first kappa shape index (κ1) is 19.9. The first-order valence-electron chi connectivity index (χ1n) is 8.80. The second-order valence-electron chi connectivity index (χ2n) is 8.02. The van der Waals surface area contributed by atoms with E-state index in [1.54, 1.807) is 31.2 Å². The zero-order valence-corrected chi connectivity index (χ0v) is 16.5. The van der Waals surface area contributed by atoms with Gasteiger partial charge in [0.1, 0.15) is 5.82 Å². The van der Waals surface area contributed by atoms with Gasteiger partial charge in [0.05, 0.1) is 18.2 Å². The van der Waals surface area contributed by atoms with Crippen molar-refractivity contribution in [1.82, 2.24) is 9.80 Å². The van der Waals surface area contributed by atoms with Gasteiger partial charge in [-0.15, -0.1) is 0 Å². The van der Waals surface area contributed by atoms with Crippen molar-refractivity contribution in [2.24, 2.45) is 5.41 Å². The zero-order valence-electron chi connectivity index (χ0n) is 16.5. The third kappa shape index (κ3) is 3.58. The first-order chi connectivity index (χ1) is 11.5. The van der Waals surface area contributed by atoms with Gasteiger partial charge >= 0.3 is 0 Å². The molecule has 0 bridgehead atoms. The minimum absolute atomic E-state index is 0.0159. The quantitative estimate of drug-likeness (QED) is 0.787. The second-order valence-corrected chi connectivity index (χ2v) is 8.02. The standard InChI is InChI=1S/C20H31FN2O2/c1-14(15-8-10-16(21)11-9-15)23(6)18(24)13-22(5)17-12-20(4,25-7)19(17,2)3/h8-11,14,17H,12-13H2,1-7H3/t14-,17-,20-/m1/s1. The maximum Gasteiger partial charge on any atom is 0.236 e. The molecule has 1 aromatic carbocycles. The van der Waals surface area contributed by atoms with Gasteiger partial charge in [-0.1, -0.05) is 26.0 Å². The van der Waals surface area contributed by atoms with E-state index in [2.05, 4.69) is 25.7 Å². The van der Waals surface area contributed by atoms with Gasteiger partial charge in [0.2, 0.25) is 5.91 Å². The summed E-state index contributed by atoms with van der Waals surface area (Å²) < 4.78 is 18.8. The van der Waals surface area contributed by atoms with Crippen LogP contribution in [0.1, 0.15) is 45.7 Å². The van der Waals surface area contributed by atoms with Crippen LogP contribution in [0.5, 0.6) is 0 Å². The van der Waals surface area contributed by atoms with Crippen molar-refractivity contribution in [2.75, 3.05) is 27.7 Å². The molecule has 0 unspecified atom stereocenters. The lowest BCUT2D eigenvalue weighted by atomic mass is 9.55. The van der Waals surface area contributed by atoms with Gasteiger partial charge in [-0.05, 0) is 45.0 Å². The molecule has 5 heteroatoms. The molecule has 1 saturated carbocycles. The summed E-state index contributed by atoms with van der Waals surface area (Å²) in [6, 6.07) is 6.52. The van der Waals surface area contributed by atoms with Crippen LogP contribution in [-0.2, 0) is 9.53 Å². The predicted molar refractivity (Wildman–Crippen MR) is 97.8 cm³/mol. The molecule has 0 N–H and O–H groups in total. The maximum atomic E-state index is 13.1. The number of nitrogens with zero attached hydrogens (tertiary/aromatic N) is 2. The molecule has 1 aromatic rings. The summed E-state index contributed by atoms with van der Waals surface area (Å²) >= 11 is 0. The Bertz CT molecular complexity index is 617. The highest BCUT2D eigenvalue weighted by molar-refractivity contribution is 5.78. The van der Waals surface area contributed by atoms with Crippen LogP contribution in [-0.4, -0.2) is 55.1 Å². The lowest BCUT2D eigenvalue weighted by Crippen LogP contribution is -2.68. The highest BCUT2D eigenvalue weighted by Gasteiger charge is 2.59. The summed E-state index contributed by atoms with van der Waals surface area (Å²) in [4.78, 5) is 16.5. The molecule has 0 radical (unpaired) electrons. The van der Waals surface area contributed by atoms with Gasteiger partial charge in [0, 0.05) is 25.6 Å². The monoisotopic (exact) mass is 350 g/mol. The molecular formula is C20H31FN2O2. The fourth-order valence-electron chi connectivity index (χ4n) is 3.78. The van der Waals surface area contributed by atoms with Crippen LogP contribution >= 0.6 is 0 Å². The van der Waals surface area contributed by atoms with Gasteiger partial charge in [0.15, 0.2) is 0 Å². The third-order valence-electron chi connectivity index (χ3n) is 6.47. The Morgan fingerprint density at radius 2 is 1.84 bits per heavy atom. The minimum Gasteiger partial charge on any atom is -0.378 e. The number of carbonyl (C=O) groups excluding carboxylic acids is 1. The second kappa shape index (κ2) is 7.04. The van der Waals surface area contributed by atoms with Gasteiger partial charge < -0.3 is 9.64 Å². The molecular weight excluding hydrogens is 319 g/mol. The molecule has 0 heterocycles. The number of hydrogen-bond acceptors (Lipinski definition) is 3. The number of benzene rings is 1. The number of methoxy groups -OCH3 is 1. The normalized spacial score (nSPS) is 26.2. The topological polar surface area (TPSA) is 32.8 Å². The fraction of sp³-hybridized carbons (Fsp3) is 0.650. The van der Waals surface area contributed by atoms with E-state index in [4.69, 9.17) is 4.74 Å². The molecule has 2 rings (SSSR count). The summed E-state index contributed by atoms with van der Waals surface area (Å²) in [5, 5.41) is 0. The van der Waals surface area contributed by atoms with Gasteiger partial charge in [-0.25, -0.2) is 4.39 Å². The molecule has 1 fully saturated rings. The summed E-state index contributed by atoms with van der Waals surface area (Å²) in [6.07, 6.45) is 0.914. The highest BCUT2D eigenvalue weighted by Crippen LogP contribution is 2.53. The van der Waals surface area contributed by atoms with Crippen molar-refractivity contribution in [1.29, 1.82) is 0 Å². The average Bonchev–Trinajstić information content (AvgIpc) is 2.58. The molecule has 3 atom stereocenters. The van der Waals surface area contributed by atoms with Crippen LogP contribution in [0.15, 0.2) is 24.3 Å². The number of likely N-dealkylation sites (N-methyl/N-ethyl adjacent to an activating group) is 2. The number of rotatable bonds is 6. The molecule has 1 aliphatic carbocycles. The first-order valence-corrected chi connectivity index (χ1v) is 8.80. The lowest BCUT2D eigenvalue weighted by molar-refractivity contribution is -0.206. The molecule has 1 aliphatic rings. The highest BCUT2D eigenvalue weighted by atomic mass is 19.1. The summed E-state index contributed by atoms with van der Waals surface area (Å²) in [5.41, 5.74) is 0.760. The van der Waals surface area contributed by atoms with Crippen molar-refractivity contribution in [2.45, 2.75) is 51.8 Å². The summed E-state index contributed by atoms with van der Waals surface area (Å²) in [5.74, 6) is -0.209. The van der Waals surface area contributed by atoms with Crippen molar-refractivity contribution < 1.29 is 13.9 Å². The Morgan fingerprint density at radius 3 is 2.32 bits per heavy atom. The smallest absolute Gasteiger partial charge is 0.236 e. The van der Waals surface area contributed by atoms with Crippen LogP contribution in [0.25, 0.3) is 0 Å². The van der Waals surface area contributed by atoms with Crippen molar-refractivity contribution in [3.8, 4) is 0 Å². The van der Waals surface area contributed by atoms with Gasteiger partial charge in [-0.2, -0.15) is 0 Å². The third-order valence-corrected chi connectivity index (χ3v) is 6.47. The molecule has 0 aliphatic heterocycles. The van der Waals surface area contributed by atoms with Crippen molar-refractivity contribution in [3.05, 3.63) is 35.6 Å². The van der Waals surface area contributed by atoms with E-state index in [9.17, 15) is 9.18 Å². The van der Waals surface area contributed by atoms with Gasteiger partial charge in [-0.3, -0.25) is 9.69 Å². The predicted octanol–water partition coefficient (Wildman–Crippen LogP) is 3.48. The number of hydrogen-bond donors (Lipinski definition) is 0. The van der Waals surface area contributed by atoms with E-state index in [0.717, 1.165) is 12.0 Å². The van der Waals surface area contributed by atoms with Gasteiger partial charge in [0.25, 0.3) is 0 Å². The fourth-order valence-corrected chi connectivity index (χ4v) is 3.78. The Morgan fingerprint density at radius 1 is 1.28 bits per heavy atom. The van der Waals surface area contributed by atoms with Crippen LogP contribution in [0.3, 0.4) is 0 Å². The van der Waals surface area contributed by atoms with Crippen LogP contribution in [0.4, 0.5) is 4.39 Å². The Kier molecular flexibility index (Phi) is 5.59. The lowest BCUT2D eigenvalue weighted by Gasteiger charge is -2.61. The minimum atomic E-state index is -0.266. The van der Waals surface area contributed by atoms with Crippen LogP contribution in [0.2, 0.25) is 0 Å². The SMILES string of the molecule is CO[C@]1(C)C[C@@H](N(C)CC(=O)N(C)[C@H](C)c2ccc(F)cc2)C1(C)C. The van der Waals surface area contributed by atoms with Crippen LogP contribution < -0.4 is 0 Å². The summed E-state index contributed by atoms with van der Waals surface area (Å²) in [6.45, 7) is 8.82. The van der Waals surface area contributed by atoms with E-state index < -0.39 is 0 Å². The number of carbonyl (C=O) groups is 1. The molecule has 0 spiro atoms. The number of amides is 1. The Hall–Kier alpha value is -1.46. The zero-order chi connectivity index (χ0) is 19.0. The average molecular weight is 350 g/mol. The number of halogens is 1. The Balaban J connectivity index is 1.98. The number of ether oxygens (including phenoxy) is 1. The molecule has 4 nitrogen and oxygen atoms in total. The summed E-state index contributed by atoms with van der Waals surface area (Å²) in [7, 11) is 5.55. The van der Waals surface area contributed by atoms with E-state index in [1.807, 2.05) is 14.0 Å². The van der Waals surface area contributed by atoms with Crippen LogP contribution in [0, 0.1) is 11.2 Å². The maximum absolute atomic E-state index is 13.1. The van der Waals surface area contributed by atoms with E-state index in [1.165, 1.54) is 12.1 Å². The van der Waals surface area contributed by atoms with E-state index in [-0.39, 0.29) is 28.8 Å². The van der Waals surface area contributed by atoms with Crippen molar-refractivity contribution in [3.63, 3.8) is 0 Å². The van der Waals surface area contributed by atoms with E-state index in [0.29, 0.717) is 12.6 Å². The molecule has 0 saturated heterocycles. The Labute approximate surface area is 150 Å². The molecule has 25 heavy (non-hydrogen) atoms. The molecule has 0 aromatic heterocycles. The molecule has 140 valence electrons.